The fraction of sp³-hybridized carbons (Fsp3) is 0.348. The predicted octanol–water partition coefficient (Wildman–Crippen LogP) is 2.08. The SMILES string of the molecule is COCCCn1c(=O)c(C(=O)N2CCN(C(=O)c3cccc(Cl)c3)CC2)nc2cccnc21. The van der Waals surface area contributed by atoms with Crippen LogP contribution in [0, 0.1) is 0 Å². The average molecular weight is 470 g/mol. The number of fused-ring (bicyclic) bond motifs is 1. The quantitative estimate of drug-likeness (QED) is 0.513. The van der Waals surface area contributed by atoms with E-state index in [1.54, 1.807) is 59.5 Å². The van der Waals surface area contributed by atoms with Gasteiger partial charge < -0.3 is 14.5 Å². The molecule has 2 amide bonds. The maximum atomic E-state index is 13.2. The highest BCUT2D eigenvalue weighted by atomic mass is 35.5. The zero-order chi connectivity index (χ0) is 23.4. The Bertz CT molecular complexity index is 1240. The summed E-state index contributed by atoms with van der Waals surface area (Å²) in [6.45, 7) is 2.17. The molecule has 1 saturated heterocycles. The third kappa shape index (κ3) is 4.89. The lowest BCUT2D eigenvalue weighted by molar-refractivity contribution is 0.0531. The molecule has 0 bridgehead atoms. The Morgan fingerprint density at radius 1 is 1.06 bits per heavy atom. The largest absolute Gasteiger partial charge is 0.385 e. The maximum Gasteiger partial charge on any atom is 0.283 e. The Kier molecular flexibility index (Phi) is 7.00. The molecule has 1 aliphatic rings. The molecule has 3 aromatic rings. The Hall–Kier alpha value is -3.30. The normalized spacial score (nSPS) is 14.0. The number of carbonyl (C=O) groups is 2. The molecular weight excluding hydrogens is 446 g/mol. The summed E-state index contributed by atoms with van der Waals surface area (Å²) >= 11 is 6.00. The minimum absolute atomic E-state index is 0.137. The first-order valence-electron chi connectivity index (χ1n) is 10.7. The topological polar surface area (TPSA) is 97.6 Å². The molecule has 2 aromatic heterocycles. The summed E-state index contributed by atoms with van der Waals surface area (Å²) in [4.78, 5) is 51.0. The summed E-state index contributed by atoms with van der Waals surface area (Å²) in [5.41, 5.74) is 0.812. The highest BCUT2D eigenvalue weighted by Gasteiger charge is 2.28. The molecule has 4 rings (SSSR count). The van der Waals surface area contributed by atoms with Gasteiger partial charge in [0.05, 0.1) is 0 Å². The zero-order valence-corrected chi connectivity index (χ0v) is 19.0. The van der Waals surface area contributed by atoms with Gasteiger partial charge in [0.15, 0.2) is 11.3 Å². The number of aromatic nitrogens is 3. The molecule has 1 fully saturated rings. The smallest absolute Gasteiger partial charge is 0.283 e. The van der Waals surface area contributed by atoms with Crippen molar-refractivity contribution in [2.24, 2.45) is 0 Å². The molecule has 0 unspecified atom stereocenters. The van der Waals surface area contributed by atoms with E-state index in [0.717, 1.165) is 0 Å². The molecule has 0 N–H and O–H groups in total. The van der Waals surface area contributed by atoms with Crippen LogP contribution in [0.2, 0.25) is 5.02 Å². The lowest BCUT2D eigenvalue weighted by Gasteiger charge is -2.34. The van der Waals surface area contributed by atoms with Gasteiger partial charge in [0, 0.05) is 63.2 Å². The maximum absolute atomic E-state index is 13.2. The number of pyridine rings is 1. The fourth-order valence-electron chi connectivity index (χ4n) is 3.86. The monoisotopic (exact) mass is 469 g/mol. The molecule has 0 aliphatic carbocycles. The van der Waals surface area contributed by atoms with Gasteiger partial charge in [-0.1, -0.05) is 17.7 Å². The van der Waals surface area contributed by atoms with Gasteiger partial charge in [-0.15, -0.1) is 0 Å². The van der Waals surface area contributed by atoms with Crippen LogP contribution < -0.4 is 5.56 Å². The highest BCUT2D eigenvalue weighted by molar-refractivity contribution is 6.30. The van der Waals surface area contributed by atoms with E-state index in [0.29, 0.717) is 67.5 Å². The molecule has 0 radical (unpaired) electrons. The summed E-state index contributed by atoms with van der Waals surface area (Å²) in [6, 6.07) is 10.2. The van der Waals surface area contributed by atoms with Crippen LogP contribution in [0.3, 0.4) is 0 Å². The van der Waals surface area contributed by atoms with Crippen LogP contribution in [0.25, 0.3) is 11.2 Å². The van der Waals surface area contributed by atoms with E-state index < -0.39 is 11.5 Å². The number of benzene rings is 1. The van der Waals surface area contributed by atoms with Crippen LogP contribution in [0.5, 0.6) is 0 Å². The number of nitrogens with zero attached hydrogens (tertiary/aromatic N) is 5. The molecule has 3 heterocycles. The van der Waals surface area contributed by atoms with Crippen molar-refractivity contribution in [3.63, 3.8) is 0 Å². The van der Waals surface area contributed by atoms with Crippen molar-refractivity contribution in [2.75, 3.05) is 39.9 Å². The number of methoxy groups -OCH3 is 1. The summed E-state index contributed by atoms with van der Waals surface area (Å²) in [7, 11) is 1.59. The van der Waals surface area contributed by atoms with Gasteiger partial charge in [-0.3, -0.25) is 19.0 Å². The molecular formula is C23H24ClN5O4. The fourth-order valence-corrected chi connectivity index (χ4v) is 4.05. The number of aryl methyl sites for hydroxylation is 1. The molecule has 10 heteroatoms. The number of carbonyl (C=O) groups excluding carboxylic acids is 2. The molecule has 172 valence electrons. The summed E-state index contributed by atoms with van der Waals surface area (Å²) < 4.78 is 6.57. The molecule has 0 saturated carbocycles. The summed E-state index contributed by atoms with van der Waals surface area (Å²) in [5, 5.41) is 0.494. The first-order chi connectivity index (χ1) is 16.0. The molecule has 33 heavy (non-hydrogen) atoms. The lowest BCUT2D eigenvalue weighted by atomic mass is 10.1. The number of piperazine rings is 1. The van der Waals surface area contributed by atoms with E-state index in [1.165, 1.54) is 4.57 Å². The Morgan fingerprint density at radius 2 is 1.79 bits per heavy atom. The second-order valence-electron chi connectivity index (χ2n) is 7.70. The number of amides is 2. The molecule has 0 spiro atoms. The van der Waals surface area contributed by atoms with Gasteiger partial charge in [0.1, 0.15) is 5.52 Å². The first-order valence-corrected chi connectivity index (χ1v) is 11.1. The lowest BCUT2D eigenvalue weighted by Crippen LogP contribution is -2.51. The van der Waals surface area contributed by atoms with Crippen LogP contribution >= 0.6 is 11.6 Å². The molecule has 1 aromatic carbocycles. The number of rotatable bonds is 6. The van der Waals surface area contributed by atoms with Crippen molar-refractivity contribution in [1.82, 2.24) is 24.3 Å². The third-order valence-corrected chi connectivity index (χ3v) is 5.80. The van der Waals surface area contributed by atoms with Crippen LogP contribution in [0.1, 0.15) is 27.3 Å². The number of ether oxygens (including phenoxy) is 1. The van der Waals surface area contributed by atoms with Crippen LogP contribution in [-0.4, -0.2) is 76.0 Å². The van der Waals surface area contributed by atoms with Crippen molar-refractivity contribution in [3.05, 3.63) is 69.2 Å². The summed E-state index contributed by atoms with van der Waals surface area (Å²) in [6.07, 6.45) is 2.19. The van der Waals surface area contributed by atoms with Gasteiger partial charge in [0.25, 0.3) is 17.4 Å². The Labute approximate surface area is 195 Å². The van der Waals surface area contributed by atoms with Gasteiger partial charge in [0.2, 0.25) is 0 Å². The van der Waals surface area contributed by atoms with Gasteiger partial charge in [-0.25, -0.2) is 9.97 Å². The standard InChI is InChI=1S/C23H24ClN5O4/c1-33-14-4-9-29-20-18(7-3-8-25-20)26-19(23(29)32)22(31)28-12-10-27(11-13-28)21(30)16-5-2-6-17(24)15-16/h2-3,5-8,15H,4,9-14H2,1H3. The first kappa shape index (κ1) is 22.9. The minimum atomic E-state index is -0.472. The third-order valence-electron chi connectivity index (χ3n) is 5.56. The number of halogens is 1. The van der Waals surface area contributed by atoms with Crippen LogP contribution in [-0.2, 0) is 11.3 Å². The van der Waals surface area contributed by atoms with Crippen molar-refractivity contribution in [1.29, 1.82) is 0 Å². The Balaban J connectivity index is 1.53. The van der Waals surface area contributed by atoms with E-state index in [9.17, 15) is 14.4 Å². The Morgan fingerprint density at radius 3 is 2.48 bits per heavy atom. The van der Waals surface area contributed by atoms with Gasteiger partial charge >= 0.3 is 0 Å². The van der Waals surface area contributed by atoms with Crippen molar-refractivity contribution in [3.8, 4) is 0 Å². The van der Waals surface area contributed by atoms with E-state index in [4.69, 9.17) is 16.3 Å². The van der Waals surface area contributed by atoms with Gasteiger partial charge in [-0.05, 0) is 36.8 Å². The van der Waals surface area contributed by atoms with E-state index in [2.05, 4.69) is 9.97 Å². The van der Waals surface area contributed by atoms with Crippen molar-refractivity contribution < 1.29 is 14.3 Å². The number of hydrogen-bond donors (Lipinski definition) is 0. The van der Waals surface area contributed by atoms with Crippen LogP contribution in [0.15, 0.2) is 47.4 Å². The molecule has 1 aliphatic heterocycles. The minimum Gasteiger partial charge on any atom is -0.385 e. The van der Waals surface area contributed by atoms with E-state index in [-0.39, 0.29) is 11.6 Å². The van der Waals surface area contributed by atoms with E-state index in [1.807, 2.05) is 0 Å². The second kappa shape index (κ2) is 10.1. The highest BCUT2D eigenvalue weighted by Crippen LogP contribution is 2.15. The van der Waals surface area contributed by atoms with Crippen LogP contribution in [0.4, 0.5) is 0 Å². The van der Waals surface area contributed by atoms with E-state index >= 15 is 0 Å². The second-order valence-corrected chi connectivity index (χ2v) is 8.14. The predicted molar refractivity (Wildman–Crippen MR) is 124 cm³/mol. The molecule has 9 nitrogen and oxygen atoms in total. The zero-order valence-electron chi connectivity index (χ0n) is 18.2. The van der Waals surface area contributed by atoms with Gasteiger partial charge in [-0.2, -0.15) is 0 Å². The molecule has 0 atom stereocenters. The number of hydrogen-bond acceptors (Lipinski definition) is 6. The van der Waals surface area contributed by atoms with Crippen molar-refractivity contribution in [2.45, 2.75) is 13.0 Å². The average Bonchev–Trinajstić information content (AvgIpc) is 2.84. The summed E-state index contributed by atoms with van der Waals surface area (Å²) in [5.74, 6) is -0.582. The van der Waals surface area contributed by atoms with Crippen molar-refractivity contribution >= 4 is 34.6 Å².